The molecule has 3 aromatic carbocycles. The Bertz CT molecular complexity index is 2010. The van der Waals surface area contributed by atoms with E-state index in [1.807, 2.05) is 13.8 Å². The molecule has 8 N–H and O–H groups in total. The van der Waals surface area contributed by atoms with Crippen LogP contribution >= 0.6 is 0 Å². The summed E-state index contributed by atoms with van der Waals surface area (Å²) < 4.78 is 0. The molecule has 0 saturated carbocycles. The van der Waals surface area contributed by atoms with Crippen LogP contribution in [0.2, 0.25) is 0 Å². The van der Waals surface area contributed by atoms with E-state index in [0.717, 1.165) is 6.21 Å². The Balaban J connectivity index is 2.17. The topological polar surface area (TPSA) is 217 Å². The number of benzene rings is 3. The molecule has 0 fully saturated rings. The molecule has 4 atom stereocenters. The zero-order chi connectivity index (χ0) is 39.3. The fourth-order valence-corrected chi connectivity index (χ4v) is 7.38. The summed E-state index contributed by atoms with van der Waals surface area (Å²) in [6.07, 6.45) is 0.853. The van der Waals surface area contributed by atoms with Crippen molar-refractivity contribution < 1.29 is 50.1 Å². The Kier molecular flexibility index (Phi) is 11.3. The van der Waals surface area contributed by atoms with Crippen molar-refractivity contribution in [2.24, 2.45) is 22.7 Å². The zero-order valence-electron chi connectivity index (χ0n) is 31.2. The minimum absolute atomic E-state index is 0.0537. The van der Waals surface area contributed by atoms with Crippen molar-refractivity contribution in [3.05, 3.63) is 51.7 Å². The van der Waals surface area contributed by atoms with Crippen LogP contribution in [0, 0.1) is 31.6 Å². The number of aliphatic hydroxyl groups is 1. The molecule has 0 aliphatic heterocycles. The Morgan fingerprint density at radius 2 is 1.37 bits per heavy atom. The van der Waals surface area contributed by atoms with E-state index in [0.29, 0.717) is 27.6 Å². The molecule has 12 nitrogen and oxygen atoms in total. The molecular weight excluding hydrogens is 668 g/mol. The van der Waals surface area contributed by atoms with E-state index in [1.165, 1.54) is 6.20 Å². The molecular formula is C40H50N2O10. The average Bonchev–Trinajstić information content (AvgIpc) is 3.01. The molecule has 0 aromatic heterocycles. The van der Waals surface area contributed by atoms with E-state index in [1.54, 1.807) is 67.5 Å². The fraction of sp³-hybridized carbons (Fsp3) is 0.450. The number of aromatic hydroxyl groups is 4. The third-order valence-corrected chi connectivity index (χ3v) is 9.96. The molecule has 0 amide bonds. The minimum atomic E-state index is -1.48. The number of aliphatic imine (C=N–C) groups is 1. The first-order chi connectivity index (χ1) is 24.1. The molecule has 280 valence electrons. The number of fused-ring (bicyclic) bond motifs is 2. The third kappa shape index (κ3) is 6.79. The Labute approximate surface area is 303 Å². The van der Waals surface area contributed by atoms with Crippen molar-refractivity contribution in [1.82, 2.24) is 5.32 Å². The van der Waals surface area contributed by atoms with Crippen LogP contribution in [-0.4, -0.2) is 77.9 Å². The third-order valence-electron chi connectivity index (χ3n) is 9.96. The maximum absolute atomic E-state index is 13.8. The Morgan fingerprint density at radius 3 is 1.87 bits per heavy atom. The number of aliphatic hydroxyl groups excluding tert-OH is 1. The van der Waals surface area contributed by atoms with Gasteiger partial charge in [0.25, 0.3) is 0 Å². The second-order valence-corrected chi connectivity index (χ2v) is 15.1. The van der Waals surface area contributed by atoms with Gasteiger partial charge in [0.15, 0.2) is 17.3 Å². The van der Waals surface area contributed by atoms with Crippen molar-refractivity contribution in [2.45, 2.75) is 99.3 Å². The van der Waals surface area contributed by atoms with Crippen molar-refractivity contribution in [2.75, 3.05) is 0 Å². The van der Waals surface area contributed by atoms with Gasteiger partial charge in [-0.3, -0.25) is 9.79 Å². The lowest BCUT2D eigenvalue weighted by molar-refractivity contribution is -0.140. The van der Waals surface area contributed by atoms with Gasteiger partial charge >= 0.3 is 11.9 Å². The normalized spacial score (nSPS) is 18.3. The number of hydrogen-bond acceptors (Lipinski definition) is 10. The summed E-state index contributed by atoms with van der Waals surface area (Å²) in [6.45, 7) is 17.4. The van der Waals surface area contributed by atoms with Gasteiger partial charge in [-0.15, -0.1) is 0 Å². The number of carbonyl (C=O) groups excluding carboxylic acids is 1. The van der Waals surface area contributed by atoms with Crippen LogP contribution in [0.5, 0.6) is 23.0 Å². The maximum Gasteiger partial charge on any atom is 0.328 e. The van der Waals surface area contributed by atoms with Crippen molar-refractivity contribution in [3.63, 3.8) is 0 Å². The predicted molar refractivity (Wildman–Crippen MR) is 199 cm³/mol. The van der Waals surface area contributed by atoms with Crippen LogP contribution in [0.15, 0.2) is 23.3 Å². The smallest absolute Gasteiger partial charge is 0.328 e. The summed E-state index contributed by atoms with van der Waals surface area (Å²) in [4.78, 5) is 42.0. The predicted octanol–water partition coefficient (Wildman–Crippen LogP) is 6.32. The molecule has 0 heterocycles. The van der Waals surface area contributed by atoms with Crippen LogP contribution in [0.25, 0.3) is 27.5 Å². The van der Waals surface area contributed by atoms with Gasteiger partial charge in [-0.1, -0.05) is 67.5 Å². The molecule has 1 aliphatic rings. The van der Waals surface area contributed by atoms with Gasteiger partial charge in [-0.25, -0.2) is 9.59 Å². The van der Waals surface area contributed by atoms with Gasteiger partial charge < -0.3 is 41.1 Å². The highest BCUT2D eigenvalue weighted by molar-refractivity contribution is 6.26. The highest BCUT2D eigenvalue weighted by Crippen LogP contribution is 2.54. The monoisotopic (exact) mass is 718 g/mol. The highest BCUT2D eigenvalue weighted by atomic mass is 16.4. The molecule has 0 radical (unpaired) electrons. The van der Waals surface area contributed by atoms with Gasteiger partial charge in [0.2, 0.25) is 0 Å². The molecule has 3 unspecified atom stereocenters. The number of nitrogens with one attached hydrogen (secondary N) is 1. The van der Waals surface area contributed by atoms with Gasteiger partial charge in [0, 0.05) is 57.1 Å². The lowest BCUT2D eigenvalue weighted by Crippen LogP contribution is -2.40. The molecule has 4 rings (SSSR count). The Morgan fingerprint density at radius 1 is 0.788 bits per heavy atom. The van der Waals surface area contributed by atoms with Gasteiger partial charge in [-0.2, -0.15) is 0 Å². The number of carboxylic acid groups (broad SMARTS) is 2. The molecule has 12 heteroatoms. The van der Waals surface area contributed by atoms with Crippen molar-refractivity contribution in [3.8, 4) is 34.1 Å². The summed E-state index contributed by atoms with van der Waals surface area (Å²) >= 11 is 0. The number of phenolic OH excluding ortho intramolecular Hbond substituents is 4. The lowest BCUT2D eigenvalue weighted by Gasteiger charge is -2.35. The summed E-state index contributed by atoms with van der Waals surface area (Å²) in [5, 5.41) is 81.0. The maximum atomic E-state index is 13.8. The van der Waals surface area contributed by atoms with E-state index in [9.17, 15) is 50.1 Å². The second-order valence-electron chi connectivity index (χ2n) is 15.1. The number of phenols is 4. The number of Topliss-reactive ketones (excluding diaryl/α,β-unsaturated/α-hetero) is 1. The Hall–Kier alpha value is -5.10. The number of carbonyl (C=O) groups is 3. The van der Waals surface area contributed by atoms with Crippen LogP contribution in [0.3, 0.4) is 0 Å². The van der Waals surface area contributed by atoms with Crippen LogP contribution < -0.4 is 5.32 Å². The van der Waals surface area contributed by atoms with E-state index in [-0.39, 0.29) is 51.0 Å². The summed E-state index contributed by atoms with van der Waals surface area (Å²) in [7, 11) is 0. The quantitative estimate of drug-likeness (QED) is 0.0623. The van der Waals surface area contributed by atoms with Crippen molar-refractivity contribution in [1.29, 1.82) is 0 Å². The molecule has 1 aliphatic carbocycles. The molecule has 0 bridgehead atoms. The molecule has 0 saturated heterocycles. The van der Waals surface area contributed by atoms with E-state index in [4.69, 9.17) is 0 Å². The van der Waals surface area contributed by atoms with Crippen molar-refractivity contribution >= 4 is 40.3 Å². The zero-order valence-corrected chi connectivity index (χ0v) is 31.2. The molecule has 0 spiro atoms. The van der Waals surface area contributed by atoms with Gasteiger partial charge in [0.05, 0.1) is 0 Å². The summed E-state index contributed by atoms with van der Waals surface area (Å²) in [5.41, 5.74) is 1.82. The number of carboxylic acids is 2. The summed E-state index contributed by atoms with van der Waals surface area (Å²) in [5.74, 6) is -7.03. The molecule has 3 aromatic rings. The van der Waals surface area contributed by atoms with Gasteiger partial charge in [0.1, 0.15) is 29.7 Å². The van der Waals surface area contributed by atoms with Crippen LogP contribution in [0.1, 0.15) is 101 Å². The first-order valence-corrected chi connectivity index (χ1v) is 17.4. The highest BCUT2D eigenvalue weighted by Gasteiger charge is 2.42. The minimum Gasteiger partial charge on any atom is -0.507 e. The standard InChI is InChI=1S/C40H50N2O10/c1-15(2)25-21-11-19(9)27(35(45)29(21)23(33(43)37(25)47)13-41-31(17(5)6)39(49)50)28-20(10)12-22-26(16(3)4)38(48)34(44)24(30(22)36(28)46)14-42-32(18(7)8)40(51)52/h11-18,25,31-32,37,41,44-48H,1-10H3,(H,49,50)(H,51,52)/b23-13-,42-14?/t25-,31?,32?,37?/m1/s1. The molecule has 52 heavy (non-hydrogen) atoms. The second kappa shape index (κ2) is 14.9. The fourth-order valence-electron chi connectivity index (χ4n) is 7.38. The van der Waals surface area contributed by atoms with Crippen LogP contribution in [-0.2, 0) is 14.4 Å². The number of aliphatic carboxylic acids is 2. The number of aryl methyl sites for hydroxylation is 2. The first kappa shape index (κ1) is 39.7. The van der Waals surface area contributed by atoms with E-state index >= 15 is 0 Å². The largest absolute Gasteiger partial charge is 0.507 e. The lowest BCUT2D eigenvalue weighted by atomic mass is 9.70. The van der Waals surface area contributed by atoms with Gasteiger partial charge in [-0.05, 0) is 59.6 Å². The van der Waals surface area contributed by atoms with E-state index < -0.39 is 70.7 Å². The van der Waals surface area contributed by atoms with E-state index in [2.05, 4.69) is 10.3 Å². The number of rotatable bonds is 11. The first-order valence-electron chi connectivity index (χ1n) is 17.4. The summed E-state index contributed by atoms with van der Waals surface area (Å²) in [6, 6.07) is 1.14. The SMILES string of the molecule is Cc1cc2c(c(O)c1-c1c(C)cc3c(C(C)C)c(O)c(O)c(C=NC(C(=O)O)C(C)C)c3c1O)/C(=C/NC(C(=O)O)C(C)C)C(=O)C(O)[C@@H]2C(C)C. The number of ketones is 1. The van der Waals surface area contributed by atoms with Crippen LogP contribution in [0.4, 0.5) is 0 Å². The number of nitrogens with zero attached hydrogens (tertiary/aromatic N) is 1. The average molecular weight is 719 g/mol. The number of hydrogen-bond donors (Lipinski definition) is 8.